The van der Waals surface area contributed by atoms with E-state index >= 15 is 0 Å². The van der Waals surface area contributed by atoms with Crippen LogP contribution in [0.15, 0.2) is 0 Å². The van der Waals surface area contributed by atoms with Gasteiger partial charge in [-0.05, 0) is 0 Å². The molecule has 0 N–H and O–H groups in total. The van der Waals surface area contributed by atoms with Crippen molar-refractivity contribution in [3.05, 3.63) is 0 Å². The molecule has 0 atom stereocenters. The first-order chi connectivity index (χ1) is 11.2. The molecule has 0 unspecified atom stereocenters. The molecule has 0 rings (SSSR count). The molecule has 0 saturated heterocycles. The molecular formula is C21H45O2P. The van der Waals surface area contributed by atoms with Crippen molar-refractivity contribution in [3.63, 3.8) is 0 Å². The number of unbranched alkanes of at least 4 members (excludes halogenated alkanes) is 13. The molecule has 0 aliphatic heterocycles. The number of hydrogen-bond acceptors (Lipinski definition) is 2. The van der Waals surface area contributed by atoms with Crippen LogP contribution in [0.4, 0.5) is 0 Å². The van der Waals surface area contributed by atoms with Crippen LogP contribution in [-0.4, -0.2) is 32.1 Å². The Morgan fingerprint density at radius 1 is 0.667 bits per heavy atom. The van der Waals surface area contributed by atoms with Crippen molar-refractivity contribution < 1.29 is 9.32 Å². The van der Waals surface area contributed by atoms with Gasteiger partial charge in [0.15, 0.2) is 0 Å². The topological polar surface area (TPSA) is 26.3 Å². The zero-order valence-electron chi connectivity index (χ0n) is 17.4. The third kappa shape index (κ3) is 16.7. The van der Waals surface area contributed by atoms with Crippen molar-refractivity contribution in [1.82, 2.24) is 0 Å². The summed E-state index contributed by atoms with van der Waals surface area (Å²) in [4.78, 5) is 11.2. The van der Waals surface area contributed by atoms with Crippen LogP contribution in [-0.2, 0) is 9.32 Å². The second kappa shape index (κ2) is 13.2. The van der Waals surface area contributed by atoms with E-state index in [0.29, 0.717) is 0 Å². The first kappa shape index (κ1) is 23.9. The molecule has 0 radical (unpaired) electrons. The molecule has 0 amide bonds. The van der Waals surface area contributed by atoms with Gasteiger partial charge in [-0.25, -0.2) is 0 Å². The van der Waals surface area contributed by atoms with Crippen LogP contribution >= 0.6 is 6.83 Å². The van der Waals surface area contributed by atoms with E-state index in [2.05, 4.69) is 26.9 Å². The third-order valence-electron chi connectivity index (χ3n) is 4.74. The summed E-state index contributed by atoms with van der Waals surface area (Å²) in [7, 11) is 0. The molecular weight excluding hydrogens is 315 g/mol. The Morgan fingerprint density at radius 2 is 1.00 bits per heavy atom. The minimum atomic E-state index is -2.19. The molecule has 0 bridgehead atoms. The van der Waals surface area contributed by atoms with E-state index in [1.54, 1.807) is 0 Å². The molecule has 0 aromatic heterocycles. The summed E-state index contributed by atoms with van der Waals surface area (Å²) in [6, 6.07) is 0. The normalized spacial score (nSPS) is 13.5. The first-order valence-corrected chi connectivity index (χ1v) is 14.1. The molecule has 0 fully saturated rings. The van der Waals surface area contributed by atoms with E-state index in [1.807, 2.05) is 0 Å². The summed E-state index contributed by atoms with van der Waals surface area (Å²) >= 11 is 0. The van der Waals surface area contributed by atoms with Crippen LogP contribution in [0.25, 0.3) is 0 Å². The van der Waals surface area contributed by atoms with Crippen LogP contribution < -0.4 is 0 Å². The Kier molecular flexibility index (Phi) is 13.1. The first-order valence-electron chi connectivity index (χ1n) is 10.5. The predicted octanol–water partition coefficient (Wildman–Crippen LogP) is 7.39. The van der Waals surface area contributed by atoms with Crippen LogP contribution in [0.5, 0.6) is 0 Å². The molecule has 2 nitrogen and oxygen atoms in total. The average molecular weight is 361 g/mol. The third-order valence-corrected chi connectivity index (χ3v) is 7.52. The summed E-state index contributed by atoms with van der Waals surface area (Å²) in [5, 5.41) is 0. The average Bonchev–Trinajstić information content (AvgIpc) is 2.45. The zero-order valence-corrected chi connectivity index (χ0v) is 18.3. The summed E-state index contributed by atoms with van der Waals surface area (Å²) < 4.78 is 5.63. The van der Waals surface area contributed by atoms with E-state index in [1.165, 1.54) is 96.8 Å². The van der Waals surface area contributed by atoms with Gasteiger partial charge in [0.05, 0.1) is 0 Å². The van der Waals surface area contributed by atoms with Crippen LogP contribution in [0.3, 0.4) is 0 Å². The molecule has 0 aromatic carbocycles. The molecule has 3 heteroatoms. The molecule has 0 aliphatic rings. The van der Waals surface area contributed by atoms with Crippen LogP contribution in [0.1, 0.15) is 104 Å². The summed E-state index contributed by atoms with van der Waals surface area (Å²) in [6.07, 6.45) is 20.5. The Hall–Kier alpha value is -0.100. The number of carbonyl (C=O) groups excluding carboxylic acids is 1. The van der Waals surface area contributed by atoms with E-state index in [-0.39, 0.29) is 5.97 Å². The maximum atomic E-state index is 11.2. The van der Waals surface area contributed by atoms with Crippen molar-refractivity contribution in [1.29, 1.82) is 0 Å². The fourth-order valence-corrected chi connectivity index (χ4v) is 5.71. The van der Waals surface area contributed by atoms with Gasteiger partial charge in [0.2, 0.25) is 0 Å². The molecule has 24 heavy (non-hydrogen) atoms. The minimum absolute atomic E-state index is 0.120. The maximum absolute atomic E-state index is 11.2. The molecule has 0 heterocycles. The van der Waals surface area contributed by atoms with Gasteiger partial charge in [0.1, 0.15) is 0 Å². The molecule has 0 saturated carbocycles. The fourth-order valence-electron chi connectivity index (χ4n) is 3.37. The summed E-state index contributed by atoms with van der Waals surface area (Å²) in [6.45, 7) is 8.11. The second-order valence-corrected chi connectivity index (χ2v) is 15.4. The Morgan fingerprint density at radius 3 is 1.33 bits per heavy atom. The molecule has 0 spiro atoms. The van der Waals surface area contributed by atoms with Crippen LogP contribution in [0.2, 0.25) is 0 Å². The van der Waals surface area contributed by atoms with Gasteiger partial charge in [-0.3, -0.25) is 0 Å². The predicted molar refractivity (Wildman–Crippen MR) is 112 cm³/mol. The van der Waals surface area contributed by atoms with Crippen molar-refractivity contribution in [2.24, 2.45) is 0 Å². The standard InChI is InChI=1S/C21H45O2P/c1-6-7-8-9-10-11-12-13-14-15-16-17-18-19-20-24(3,4,5)23-21(2)22/h6-20H2,1-5H3. The van der Waals surface area contributed by atoms with Gasteiger partial charge in [-0.2, -0.15) is 0 Å². The van der Waals surface area contributed by atoms with Crippen molar-refractivity contribution in [2.75, 3.05) is 26.2 Å². The fraction of sp³-hybridized carbons (Fsp3) is 0.952. The number of rotatable bonds is 16. The SMILES string of the molecule is CCCCCCCCCCCCCCCCP(C)(C)(C)OC(C)=O. The van der Waals surface area contributed by atoms with Gasteiger partial charge in [0.25, 0.3) is 0 Å². The van der Waals surface area contributed by atoms with Gasteiger partial charge in [0, 0.05) is 0 Å². The molecule has 0 aromatic rings. The number of hydrogen-bond donors (Lipinski definition) is 0. The number of carbonyl (C=O) groups is 1. The van der Waals surface area contributed by atoms with Gasteiger partial charge >= 0.3 is 126 Å². The Labute approximate surface area is 152 Å². The van der Waals surface area contributed by atoms with E-state index in [0.717, 1.165) is 6.16 Å². The monoisotopic (exact) mass is 360 g/mol. The van der Waals surface area contributed by atoms with Gasteiger partial charge in [-0.15, -0.1) is 0 Å². The van der Waals surface area contributed by atoms with Crippen molar-refractivity contribution in [2.45, 2.75) is 104 Å². The Balaban J connectivity index is 3.35. The quantitative estimate of drug-likeness (QED) is 0.212. The Bertz CT molecular complexity index is 318. The van der Waals surface area contributed by atoms with E-state index in [4.69, 9.17) is 4.52 Å². The summed E-state index contributed by atoms with van der Waals surface area (Å²) in [5.74, 6) is -0.120. The van der Waals surface area contributed by atoms with Crippen LogP contribution in [0, 0.1) is 0 Å². The molecule has 0 aliphatic carbocycles. The van der Waals surface area contributed by atoms with Crippen molar-refractivity contribution in [3.8, 4) is 0 Å². The van der Waals surface area contributed by atoms with E-state index in [9.17, 15) is 4.79 Å². The summed E-state index contributed by atoms with van der Waals surface area (Å²) in [5.41, 5.74) is 0. The zero-order chi connectivity index (χ0) is 18.3. The molecule has 146 valence electrons. The second-order valence-electron chi connectivity index (χ2n) is 8.87. The van der Waals surface area contributed by atoms with E-state index < -0.39 is 6.83 Å². The van der Waals surface area contributed by atoms with Crippen molar-refractivity contribution >= 4 is 12.8 Å². The van der Waals surface area contributed by atoms with Gasteiger partial charge in [-0.1, -0.05) is 26.2 Å². The van der Waals surface area contributed by atoms with Gasteiger partial charge < -0.3 is 0 Å².